The maximum atomic E-state index is 12.7. The second kappa shape index (κ2) is 12.4. The van der Waals surface area contributed by atoms with Crippen LogP contribution < -0.4 is 15.2 Å². The number of nitrogens with zero attached hydrogens (tertiary/aromatic N) is 5. The van der Waals surface area contributed by atoms with Crippen LogP contribution in [0.2, 0.25) is 5.02 Å². The van der Waals surface area contributed by atoms with Crippen LogP contribution in [0.1, 0.15) is 41.1 Å². The van der Waals surface area contributed by atoms with Gasteiger partial charge < -0.3 is 20.1 Å². The number of amides is 1. The number of aryl methyl sites for hydroxylation is 1. The number of benzene rings is 2. The Hall–Kier alpha value is -3.93. The second-order valence-corrected chi connectivity index (χ2v) is 12.0. The van der Waals surface area contributed by atoms with Gasteiger partial charge in [0, 0.05) is 50.1 Å². The third-order valence-corrected chi connectivity index (χ3v) is 9.23. The van der Waals surface area contributed by atoms with Gasteiger partial charge >= 0.3 is 0 Å². The fourth-order valence-electron chi connectivity index (χ4n) is 5.41. The number of hydrogen-bond acceptors (Lipinski definition) is 7. The Balaban J connectivity index is 1.22. The van der Waals surface area contributed by atoms with Crippen LogP contribution in [0.15, 0.2) is 61.2 Å². The normalized spacial score (nSPS) is 15.2. The van der Waals surface area contributed by atoms with E-state index in [1.165, 1.54) is 11.3 Å². The van der Waals surface area contributed by atoms with Crippen molar-refractivity contribution in [1.29, 1.82) is 0 Å². The minimum atomic E-state index is -0.580. The third-order valence-electron chi connectivity index (χ3n) is 7.70. The molecule has 1 atom stereocenters. The topological polar surface area (TPSA) is 100 Å². The number of halogens is 2. The molecule has 2 aromatic carbocycles. The van der Waals surface area contributed by atoms with E-state index in [2.05, 4.69) is 15.0 Å². The number of primary amides is 1. The van der Waals surface area contributed by atoms with Crippen LogP contribution in [-0.4, -0.2) is 62.6 Å². The second-order valence-electron chi connectivity index (χ2n) is 10.6. The predicted octanol–water partition coefficient (Wildman–Crippen LogP) is 6.19. The Morgan fingerprint density at radius 2 is 2.00 bits per heavy atom. The number of hydrogen-bond donors (Lipinski definition) is 1. The van der Waals surface area contributed by atoms with E-state index in [0.29, 0.717) is 27.9 Å². The highest BCUT2D eigenvalue weighted by Gasteiger charge is 2.24. The fraction of sp³-hybridized carbons (Fsp3) is 0.323. The number of alkyl halides is 1. The lowest BCUT2D eigenvalue weighted by Crippen LogP contribution is -2.39. The van der Waals surface area contributed by atoms with E-state index in [4.69, 9.17) is 26.8 Å². The van der Waals surface area contributed by atoms with E-state index >= 15 is 0 Å². The van der Waals surface area contributed by atoms with E-state index in [0.717, 1.165) is 58.7 Å². The summed E-state index contributed by atoms with van der Waals surface area (Å²) in [6.07, 6.45) is 6.61. The Kier molecular flexibility index (Phi) is 8.38. The molecule has 2 N–H and O–H groups in total. The van der Waals surface area contributed by atoms with Gasteiger partial charge in [0.15, 0.2) is 0 Å². The highest BCUT2D eigenvalue weighted by molar-refractivity contribution is 7.16. The molecule has 1 aliphatic heterocycles. The van der Waals surface area contributed by atoms with Gasteiger partial charge in [-0.25, -0.2) is 9.37 Å². The van der Waals surface area contributed by atoms with Crippen molar-refractivity contribution < 1.29 is 18.7 Å². The summed E-state index contributed by atoms with van der Waals surface area (Å²) in [7, 11) is 1.88. The Morgan fingerprint density at radius 1 is 1.19 bits per heavy atom. The lowest BCUT2D eigenvalue weighted by molar-refractivity contribution is 0.0966. The van der Waals surface area contributed by atoms with Gasteiger partial charge in [0.1, 0.15) is 46.6 Å². The van der Waals surface area contributed by atoms with Gasteiger partial charge in [-0.3, -0.25) is 14.0 Å². The minimum absolute atomic E-state index is 0.00572. The molecule has 0 bridgehead atoms. The molecule has 0 unspecified atom stereocenters. The molecule has 0 spiro atoms. The lowest BCUT2D eigenvalue weighted by atomic mass is 10.1. The summed E-state index contributed by atoms with van der Waals surface area (Å²) in [5.41, 5.74) is 10.2. The maximum absolute atomic E-state index is 12.7. The largest absolute Gasteiger partial charge is 0.489 e. The quantitative estimate of drug-likeness (QED) is 0.199. The summed E-state index contributed by atoms with van der Waals surface area (Å²) in [5.74, 6) is 0.371. The van der Waals surface area contributed by atoms with Gasteiger partial charge in [-0.2, -0.15) is 5.10 Å². The molecule has 1 amide bonds. The summed E-state index contributed by atoms with van der Waals surface area (Å²) in [6, 6.07) is 13.4. The minimum Gasteiger partial charge on any atom is -0.489 e. The molecule has 0 aliphatic carbocycles. The summed E-state index contributed by atoms with van der Waals surface area (Å²) in [6.45, 7) is 3.57. The Labute approximate surface area is 257 Å². The zero-order valence-electron chi connectivity index (χ0n) is 23.9. The van der Waals surface area contributed by atoms with Crippen LogP contribution in [0.5, 0.6) is 11.5 Å². The molecule has 9 nitrogen and oxygen atoms in total. The van der Waals surface area contributed by atoms with Crippen molar-refractivity contribution in [1.82, 2.24) is 24.2 Å². The molecule has 0 saturated carbocycles. The van der Waals surface area contributed by atoms with E-state index in [1.54, 1.807) is 17.1 Å². The average molecular weight is 623 g/mol. The first-order valence-electron chi connectivity index (χ1n) is 14.1. The van der Waals surface area contributed by atoms with Gasteiger partial charge in [0.2, 0.25) is 0 Å². The van der Waals surface area contributed by atoms with E-state index in [9.17, 15) is 9.18 Å². The van der Waals surface area contributed by atoms with Crippen LogP contribution in [0, 0.1) is 0 Å². The van der Waals surface area contributed by atoms with Gasteiger partial charge in [0.05, 0.1) is 22.3 Å². The molecular weight excluding hydrogens is 591 g/mol. The van der Waals surface area contributed by atoms with Crippen molar-refractivity contribution in [3.05, 3.63) is 76.6 Å². The molecule has 43 heavy (non-hydrogen) atoms. The smallest absolute Gasteiger partial charge is 0.262 e. The zero-order valence-corrected chi connectivity index (χ0v) is 25.4. The number of imidazole rings is 1. The SMILES string of the molecule is C[C@@H](Oc1cc(-n2cnc3cc(-c4cnn(C)c4)ccc32)sc1C(N)=O)c1cccc(OC2CCN(CCF)CC2)c1Cl. The number of thiophene rings is 1. The van der Waals surface area contributed by atoms with Crippen LogP contribution in [-0.2, 0) is 7.05 Å². The van der Waals surface area contributed by atoms with Crippen molar-refractivity contribution in [2.24, 2.45) is 12.8 Å². The van der Waals surface area contributed by atoms with Gasteiger partial charge in [0.25, 0.3) is 5.91 Å². The summed E-state index contributed by atoms with van der Waals surface area (Å²) in [4.78, 5) is 19.5. The monoisotopic (exact) mass is 622 g/mol. The summed E-state index contributed by atoms with van der Waals surface area (Å²) < 4.78 is 28.9. The van der Waals surface area contributed by atoms with Crippen molar-refractivity contribution in [2.45, 2.75) is 32.0 Å². The highest BCUT2D eigenvalue weighted by atomic mass is 35.5. The number of ether oxygens (including phenoxy) is 2. The number of carbonyl (C=O) groups is 1. The number of nitrogens with two attached hydrogens (primary N) is 1. The molecule has 1 fully saturated rings. The number of aromatic nitrogens is 4. The molecule has 5 aromatic rings. The molecule has 6 rings (SSSR count). The van der Waals surface area contributed by atoms with Crippen LogP contribution in [0.25, 0.3) is 27.2 Å². The first kappa shape index (κ1) is 29.2. The Morgan fingerprint density at radius 3 is 2.72 bits per heavy atom. The fourth-order valence-corrected chi connectivity index (χ4v) is 6.67. The van der Waals surface area contributed by atoms with E-state index in [1.807, 2.05) is 67.3 Å². The molecule has 0 radical (unpaired) electrons. The first-order chi connectivity index (χ1) is 20.8. The zero-order chi connectivity index (χ0) is 30.1. The number of likely N-dealkylation sites (tertiary alicyclic amines) is 1. The van der Waals surface area contributed by atoms with E-state index < -0.39 is 12.0 Å². The van der Waals surface area contributed by atoms with Gasteiger partial charge in [-0.15, -0.1) is 11.3 Å². The van der Waals surface area contributed by atoms with Crippen LogP contribution in [0.4, 0.5) is 4.39 Å². The number of carbonyl (C=O) groups excluding carboxylic acids is 1. The van der Waals surface area contributed by atoms with Crippen LogP contribution >= 0.6 is 22.9 Å². The van der Waals surface area contributed by atoms with Crippen LogP contribution in [0.3, 0.4) is 0 Å². The molecule has 4 heterocycles. The number of rotatable bonds is 10. The first-order valence-corrected chi connectivity index (χ1v) is 15.3. The third kappa shape index (κ3) is 6.11. The van der Waals surface area contributed by atoms with E-state index in [-0.39, 0.29) is 12.8 Å². The van der Waals surface area contributed by atoms with Crippen molar-refractivity contribution in [3.8, 4) is 27.6 Å². The number of fused-ring (bicyclic) bond motifs is 1. The standard InChI is InChI=1S/C31H32ClFN6O3S/c1-19(23-4-3-5-26(29(23)32)42-22-8-11-38(12-9-22)13-10-33)41-27-15-28(43-30(27)31(34)40)39-18-35-24-14-20(6-7-25(24)39)21-16-36-37(2)17-21/h3-7,14-19,22H,8-13H2,1-2H3,(H2,34,40)/t19-/m1/s1. The van der Waals surface area contributed by atoms with Gasteiger partial charge in [-0.05, 0) is 43.5 Å². The van der Waals surface area contributed by atoms with Crippen molar-refractivity contribution in [2.75, 3.05) is 26.3 Å². The molecule has 1 aliphatic rings. The maximum Gasteiger partial charge on any atom is 0.262 e. The predicted molar refractivity (Wildman–Crippen MR) is 166 cm³/mol. The summed E-state index contributed by atoms with van der Waals surface area (Å²) in [5, 5.41) is 5.46. The lowest BCUT2D eigenvalue weighted by Gasteiger charge is -2.31. The number of piperidine rings is 1. The highest BCUT2D eigenvalue weighted by Crippen LogP contribution is 2.39. The Bertz CT molecular complexity index is 1760. The van der Waals surface area contributed by atoms with Gasteiger partial charge in [-0.1, -0.05) is 29.8 Å². The molecule has 1 saturated heterocycles. The molecule has 224 valence electrons. The molecule has 3 aromatic heterocycles. The summed E-state index contributed by atoms with van der Waals surface area (Å²) >= 11 is 8.05. The average Bonchev–Trinajstić information content (AvgIpc) is 3.73. The molecular formula is C31H32ClFN6O3S. The molecule has 12 heteroatoms. The van der Waals surface area contributed by atoms with Crippen molar-refractivity contribution >= 4 is 39.9 Å². The van der Waals surface area contributed by atoms with Crippen molar-refractivity contribution in [3.63, 3.8) is 0 Å².